The number of carbonyl (C=O) groups excluding carboxylic acids is 1. The molecule has 0 heterocycles. The van der Waals surface area contributed by atoms with E-state index in [1.807, 2.05) is 0 Å². The summed E-state index contributed by atoms with van der Waals surface area (Å²) in [6, 6.07) is 4.09. The predicted octanol–water partition coefficient (Wildman–Crippen LogP) is 2.99. The number of ether oxygens (including phenoxy) is 1. The third-order valence-corrected chi connectivity index (χ3v) is 4.00. The number of anilines is 1. The predicted molar refractivity (Wildman–Crippen MR) is 75.5 cm³/mol. The quantitative estimate of drug-likeness (QED) is 0.390. The van der Waals surface area contributed by atoms with Gasteiger partial charge in [0.05, 0.1) is 17.1 Å². The first kappa shape index (κ1) is 14.9. The highest BCUT2D eigenvalue weighted by atomic mass is 35.5. The molecule has 0 bridgehead atoms. The summed E-state index contributed by atoms with van der Waals surface area (Å²) in [5.74, 6) is -0.715. The van der Waals surface area contributed by atoms with E-state index in [1.54, 1.807) is 7.05 Å². The van der Waals surface area contributed by atoms with Crippen LogP contribution in [0.1, 0.15) is 16.8 Å². The molecule has 0 unspecified atom stereocenters. The summed E-state index contributed by atoms with van der Waals surface area (Å²) in [6.45, 7) is 0.105. The Hall–Kier alpha value is -1.53. The maximum Gasteiger partial charge on any atom is 0.338 e. The fourth-order valence-corrected chi connectivity index (χ4v) is 2.23. The largest absolute Gasteiger partial charge is 0.462 e. The maximum atomic E-state index is 11.8. The van der Waals surface area contributed by atoms with Gasteiger partial charge in [-0.25, -0.2) is 4.79 Å². The van der Waals surface area contributed by atoms with E-state index in [0.29, 0.717) is 12.1 Å². The molecule has 1 fully saturated rings. The molecule has 1 aliphatic carbocycles. The zero-order valence-corrected chi connectivity index (χ0v) is 12.1. The summed E-state index contributed by atoms with van der Waals surface area (Å²) in [5, 5.41) is 13.6. The number of hydrogen-bond donors (Lipinski definition) is 1. The number of nitrogens with zero attached hydrogens (tertiary/aromatic N) is 1. The number of nitro benzene ring substituents is 1. The lowest BCUT2D eigenvalue weighted by molar-refractivity contribution is -0.384. The molecule has 1 saturated carbocycles. The molecule has 0 aromatic heterocycles. The fourth-order valence-electron chi connectivity index (χ4n) is 1.73. The van der Waals surface area contributed by atoms with Crippen LogP contribution in [-0.2, 0) is 4.74 Å². The third kappa shape index (κ3) is 3.13. The summed E-state index contributed by atoms with van der Waals surface area (Å²) in [5.41, 5.74) is 0.262. The molecule has 1 aromatic carbocycles. The third-order valence-electron chi connectivity index (χ3n) is 3.07. The molecule has 0 radical (unpaired) electrons. The van der Waals surface area contributed by atoms with E-state index < -0.39 is 15.2 Å². The van der Waals surface area contributed by atoms with E-state index in [-0.39, 0.29) is 23.8 Å². The first-order valence-electron chi connectivity index (χ1n) is 5.86. The Labute approximate surface area is 125 Å². The van der Waals surface area contributed by atoms with Gasteiger partial charge in [-0.05, 0) is 18.6 Å². The second-order valence-corrected chi connectivity index (χ2v) is 6.04. The Bertz CT molecular complexity index is 562. The molecule has 8 heteroatoms. The number of esters is 1. The molecule has 6 nitrogen and oxygen atoms in total. The molecule has 0 saturated heterocycles. The summed E-state index contributed by atoms with van der Waals surface area (Å²) in [6.07, 6.45) is 0.572. The molecule has 20 heavy (non-hydrogen) atoms. The van der Waals surface area contributed by atoms with E-state index in [4.69, 9.17) is 27.9 Å². The van der Waals surface area contributed by atoms with Crippen LogP contribution in [0.3, 0.4) is 0 Å². The minimum absolute atomic E-state index is 0.0821. The van der Waals surface area contributed by atoms with E-state index in [9.17, 15) is 14.9 Å². The van der Waals surface area contributed by atoms with Gasteiger partial charge in [-0.3, -0.25) is 10.1 Å². The smallest absolute Gasteiger partial charge is 0.338 e. The highest BCUT2D eigenvalue weighted by molar-refractivity contribution is 6.50. The van der Waals surface area contributed by atoms with Crippen LogP contribution in [0.25, 0.3) is 0 Å². The number of rotatable bonds is 5. The van der Waals surface area contributed by atoms with E-state index in [1.165, 1.54) is 18.2 Å². The van der Waals surface area contributed by atoms with Crippen LogP contribution in [0.5, 0.6) is 0 Å². The lowest BCUT2D eigenvalue weighted by Crippen LogP contribution is -2.10. The molecule has 0 aliphatic heterocycles. The molecule has 1 aliphatic rings. The van der Waals surface area contributed by atoms with Crippen molar-refractivity contribution in [3.05, 3.63) is 33.9 Å². The second kappa shape index (κ2) is 5.46. The minimum Gasteiger partial charge on any atom is -0.462 e. The molecule has 0 amide bonds. The van der Waals surface area contributed by atoms with Gasteiger partial charge in [-0.15, -0.1) is 23.2 Å². The monoisotopic (exact) mass is 318 g/mol. The van der Waals surface area contributed by atoms with Crippen LogP contribution in [0.15, 0.2) is 18.2 Å². The molecular weight excluding hydrogens is 307 g/mol. The topological polar surface area (TPSA) is 81.5 Å². The Morgan fingerprint density at radius 2 is 2.25 bits per heavy atom. The van der Waals surface area contributed by atoms with Crippen molar-refractivity contribution in [2.75, 3.05) is 19.0 Å². The molecule has 1 N–H and O–H groups in total. The van der Waals surface area contributed by atoms with Gasteiger partial charge in [-0.1, -0.05) is 0 Å². The standard InChI is InChI=1S/C12H12Cl2N2O4/c1-15-9-3-2-7(4-10(9)16(18)19)11(17)20-6-8-5-12(8,13)14/h2-4,8,15H,5-6H2,1H3/t8-/m1/s1. The SMILES string of the molecule is CNc1ccc(C(=O)OC[C@H]2CC2(Cl)Cl)cc1[N+](=O)[O-]. The van der Waals surface area contributed by atoms with Crippen LogP contribution >= 0.6 is 23.2 Å². The Morgan fingerprint density at radius 1 is 1.60 bits per heavy atom. The lowest BCUT2D eigenvalue weighted by Gasteiger charge is -2.06. The average molecular weight is 319 g/mol. The highest BCUT2D eigenvalue weighted by Crippen LogP contribution is 2.53. The van der Waals surface area contributed by atoms with Gasteiger partial charge in [0.2, 0.25) is 0 Å². The van der Waals surface area contributed by atoms with Crippen molar-refractivity contribution in [2.24, 2.45) is 5.92 Å². The molecule has 1 atom stereocenters. The normalized spacial score (nSPS) is 19.2. The van der Waals surface area contributed by atoms with E-state index >= 15 is 0 Å². The van der Waals surface area contributed by atoms with Crippen LogP contribution in [0.4, 0.5) is 11.4 Å². The molecule has 1 aromatic rings. The number of alkyl halides is 2. The molecule has 108 valence electrons. The summed E-state index contributed by atoms with van der Waals surface area (Å²) < 4.78 is 4.23. The Kier molecular flexibility index (Phi) is 4.06. The number of hydrogen-bond acceptors (Lipinski definition) is 5. The summed E-state index contributed by atoms with van der Waals surface area (Å²) >= 11 is 11.6. The number of nitrogens with one attached hydrogen (secondary N) is 1. The molecule has 0 spiro atoms. The minimum atomic E-state index is -0.817. The first-order valence-corrected chi connectivity index (χ1v) is 6.62. The van der Waals surface area contributed by atoms with Gasteiger partial charge >= 0.3 is 5.97 Å². The maximum absolute atomic E-state index is 11.8. The van der Waals surface area contributed by atoms with Gasteiger partial charge in [-0.2, -0.15) is 0 Å². The van der Waals surface area contributed by atoms with Crippen LogP contribution < -0.4 is 5.32 Å². The van der Waals surface area contributed by atoms with Crippen molar-refractivity contribution in [3.63, 3.8) is 0 Å². The number of halogens is 2. The highest BCUT2D eigenvalue weighted by Gasteiger charge is 2.52. The van der Waals surface area contributed by atoms with Crippen LogP contribution in [0.2, 0.25) is 0 Å². The number of nitro groups is 1. The number of benzene rings is 1. The van der Waals surface area contributed by atoms with Crippen LogP contribution in [-0.4, -0.2) is 28.9 Å². The zero-order valence-electron chi connectivity index (χ0n) is 10.6. The average Bonchev–Trinajstić information content (AvgIpc) is 3.02. The number of carbonyl (C=O) groups is 1. The van der Waals surface area contributed by atoms with Crippen molar-refractivity contribution >= 4 is 40.5 Å². The molecular formula is C12H12Cl2N2O4. The van der Waals surface area contributed by atoms with Crippen molar-refractivity contribution < 1.29 is 14.5 Å². The van der Waals surface area contributed by atoms with Crippen molar-refractivity contribution in [2.45, 2.75) is 10.8 Å². The Morgan fingerprint density at radius 3 is 2.75 bits per heavy atom. The van der Waals surface area contributed by atoms with Crippen molar-refractivity contribution in [1.29, 1.82) is 0 Å². The van der Waals surface area contributed by atoms with E-state index in [0.717, 1.165) is 0 Å². The summed E-state index contributed by atoms with van der Waals surface area (Å²) in [4.78, 5) is 22.1. The second-order valence-electron chi connectivity index (χ2n) is 4.50. The van der Waals surface area contributed by atoms with Crippen molar-refractivity contribution in [3.8, 4) is 0 Å². The van der Waals surface area contributed by atoms with E-state index in [2.05, 4.69) is 5.32 Å². The fraction of sp³-hybridized carbons (Fsp3) is 0.417. The van der Waals surface area contributed by atoms with Gasteiger partial charge in [0.25, 0.3) is 5.69 Å². The lowest BCUT2D eigenvalue weighted by atomic mass is 10.1. The first-order chi connectivity index (χ1) is 9.35. The van der Waals surface area contributed by atoms with Gasteiger partial charge < -0.3 is 10.1 Å². The molecule has 2 rings (SSSR count). The van der Waals surface area contributed by atoms with Gasteiger partial charge in [0, 0.05) is 19.0 Å². The summed E-state index contributed by atoms with van der Waals surface area (Å²) in [7, 11) is 1.56. The van der Waals surface area contributed by atoms with Crippen LogP contribution in [0, 0.1) is 16.0 Å². The zero-order chi connectivity index (χ0) is 14.9. The Balaban J connectivity index is 2.06. The van der Waals surface area contributed by atoms with Crippen molar-refractivity contribution in [1.82, 2.24) is 0 Å². The van der Waals surface area contributed by atoms with Gasteiger partial charge in [0.1, 0.15) is 10.0 Å². The van der Waals surface area contributed by atoms with Gasteiger partial charge in [0.15, 0.2) is 0 Å².